The molecule has 2 atom stereocenters. The molecule has 13 heteroatoms. The summed E-state index contributed by atoms with van der Waals surface area (Å²) in [5, 5.41) is 3.07. The van der Waals surface area contributed by atoms with Crippen molar-refractivity contribution in [3.63, 3.8) is 0 Å². The third-order valence-corrected chi connectivity index (χ3v) is 9.82. The van der Waals surface area contributed by atoms with Crippen LogP contribution in [0.15, 0.2) is 41.3 Å². The van der Waals surface area contributed by atoms with Crippen molar-refractivity contribution < 1.29 is 36.7 Å². The number of amides is 2. The van der Waals surface area contributed by atoms with E-state index in [1.165, 1.54) is 13.2 Å². The molecule has 208 valence electrons. The number of sulfone groups is 1. The Morgan fingerprint density at radius 2 is 1.74 bits per heavy atom. The number of ether oxygens (including phenoxy) is 1. The Hall–Kier alpha value is -3.02. The van der Waals surface area contributed by atoms with Gasteiger partial charge in [-0.2, -0.15) is 0 Å². The van der Waals surface area contributed by atoms with Crippen LogP contribution in [0.1, 0.15) is 31.2 Å². The summed E-state index contributed by atoms with van der Waals surface area (Å²) >= 11 is 11.8. The van der Waals surface area contributed by atoms with Crippen molar-refractivity contribution in [1.82, 2.24) is 10.2 Å². The molecule has 3 heterocycles. The first-order chi connectivity index (χ1) is 18.4. The van der Waals surface area contributed by atoms with Crippen LogP contribution in [-0.2, 0) is 35.4 Å². The van der Waals surface area contributed by atoms with Crippen molar-refractivity contribution >= 4 is 56.4 Å². The molecule has 0 saturated carbocycles. The number of ketones is 2. The molecular formula is C26H25Cl2FN2O7S. The van der Waals surface area contributed by atoms with Crippen LogP contribution < -0.4 is 10.1 Å². The molecule has 1 N–H and O–H groups in total. The van der Waals surface area contributed by atoms with Crippen LogP contribution in [0.25, 0.3) is 0 Å². The van der Waals surface area contributed by atoms with Crippen LogP contribution in [0.4, 0.5) is 4.39 Å². The van der Waals surface area contributed by atoms with Gasteiger partial charge in [0.25, 0.3) is 0 Å². The summed E-state index contributed by atoms with van der Waals surface area (Å²) in [5.74, 6) is -2.29. The zero-order chi connectivity index (χ0) is 28.5. The number of carbonyl (C=O) groups is 4. The lowest BCUT2D eigenvalue weighted by molar-refractivity contribution is -0.150. The van der Waals surface area contributed by atoms with Crippen molar-refractivity contribution in [1.29, 1.82) is 0 Å². The number of Topliss-reactive ketones (excluding diaryl/α,β-unsaturated/α-hetero) is 2. The number of fused-ring (bicyclic) bond motifs is 1. The quantitative estimate of drug-likeness (QED) is 0.524. The largest absolute Gasteiger partial charge is 0.496 e. The van der Waals surface area contributed by atoms with E-state index in [0.717, 1.165) is 17.0 Å². The van der Waals surface area contributed by atoms with Crippen molar-refractivity contribution in [2.24, 2.45) is 5.92 Å². The molecule has 9 nitrogen and oxygen atoms in total. The van der Waals surface area contributed by atoms with Crippen LogP contribution in [0.3, 0.4) is 0 Å². The minimum absolute atomic E-state index is 0.000787. The second-order valence-electron chi connectivity index (χ2n) is 9.40. The number of hydrogen-bond acceptors (Lipinski definition) is 7. The van der Waals surface area contributed by atoms with Crippen LogP contribution in [-0.4, -0.2) is 61.8 Å². The SMILES string of the molecule is COc1ccc(Cl)cc1CC1CN2C(=O)CC2(S(=O)(=O)c2ccc(Cl)cc2F)C1=O.O=C1CCNC(=O)CC1. The average molecular weight is 599 g/mol. The molecule has 0 spiro atoms. The number of nitrogens with zero attached hydrogens (tertiary/aromatic N) is 1. The molecule has 2 amide bonds. The van der Waals surface area contributed by atoms with Crippen molar-refractivity contribution in [3.05, 3.63) is 57.8 Å². The highest BCUT2D eigenvalue weighted by Gasteiger charge is 2.71. The summed E-state index contributed by atoms with van der Waals surface area (Å²) in [6.07, 6.45) is 0.919. The molecule has 2 aromatic rings. The molecule has 0 bridgehead atoms. The minimum atomic E-state index is -4.51. The molecule has 5 rings (SSSR count). The number of β-lactam (4-membered cyclic amide) rings is 1. The number of halogens is 3. The lowest BCUT2D eigenvalue weighted by Gasteiger charge is -2.44. The van der Waals surface area contributed by atoms with Gasteiger partial charge in [-0.3, -0.25) is 19.2 Å². The van der Waals surface area contributed by atoms with Crippen molar-refractivity contribution in [3.8, 4) is 5.75 Å². The van der Waals surface area contributed by atoms with Gasteiger partial charge in [-0.25, -0.2) is 12.8 Å². The summed E-state index contributed by atoms with van der Waals surface area (Å²) in [5.41, 5.74) is 0.614. The van der Waals surface area contributed by atoms with Gasteiger partial charge in [-0.05, 0) is 48.4 Å². The number of hydrogen-bond donors (Lipinski definition) is 1. The Balaban J connectivity index is 0.000000333. The highest BCUT2D eigenvalue weighted by molar-refractivity contribution is 7.93. The lowest BCUT2D eigenvalue weighted by Crippen LogP contribution is -2.67. The van der Waals surface area contributed by atoms with Crippen LogP contribution in [0.5, 0.6) is 5.75 Å². The average Bonchev–Trinajstić information content (AvgIpc) is 2.96. The van der Waals surface area contributed by atoms with Crippen molar-refractivity contribution in [2.75, 3.05) is 20.2 Å². The number of methoxy groups -OCH3 is 1. The zero-order valence-corrected chi connectivity index (χ0v) is 23.2. The van der Waals surface area contributed by atoms with E-state index in [0.29, 0.717) is 42.1 Å². The Bertz CT molecular complexity index is 1450. The standard InChI is InChI=1S/C20H16Cl2FNO5S.C6H9NO2/c1-29-16-4-2-13(21)7-11(16)6-12-10-24-18(25)9-20(24,19(12)26)30(27,28)17-5-3-14(22)8-15(17)23;8-5-1-2-6(9)7-4-3-5/h2-5,7-8,12H,6,9-10H2,1H3;1-4H2,(H,7,9). The van der Waals surface area contributed by atoms with Gasteiger partial charge in [0.2, 0.25) is 26.5 Å². The summed E-state index contributed by atoms with van der Waals surface area (Å²) < 4.78 is 46.4. The summed E-state index contributed by atoms with van der Waals surface area (Å²) in [6, 6.07) is 8.02. The van der Waals surface area contributed by atoms with Gasteiger partial charge < -0.3 is 15.0 Å². The maximum absolute atomic E-state index is 14.4. The van der Waals surface area contributed by atoms with Gasteiger partial charge in [-0.1, -0.05) is 23.2 Å². The molecule has 3 aliphatic rings. The molecule has 0 aromatic heterocycles. The Labute approximate surface area is 234 Å². The summed E-state index contributed by atoms with van der Waals surface area (Å²) in [7, 11) is -3.05. The van der Waals surface area contributed by atoms with E-state index in [2.05, 4.69) is 5.32 Å². The van der Waals surface area contributed by atoms with E-state index in [1.807, 2.05) is 0 Å². The van der Waals surface area contributed by atoms with E-state index < -0.39 is 49.5 Å². The predicted octanol–water partition coefficient (Wildman–Crippen LogP) is 3.14. The Kier molecular flexibility index (Phi) is 8.34. The molecule has 39 heavy (non-hydrogen) atoms. The first kappa shape index (κ1) is 29.0. The Morgan fingerprint density at radius 3 is 2.41 bits per heavy atom. The van der Waals surface area contributed by atoms with Gasteiger partial charge in [0.1, 0.15) is 22.2 Å². The number of benzene rings is 2. The zero-order valence-electron chi connectivity index (χ0n) is 20.8. The molecule has 0 aliphatic carbocycles. The number of nitrogens with one attached hydrogen (secondary N) is 1. The van der Waals surface area contributed by atoms with Gasteiger partial charge >= 0.3 is 0 Å². The highest BCUT2D eigenvalue weighted by Crippen LogP contribution is 2.49. The molecule has 3 fully saturated rings. The second kappa shape index (κ2) is 11.2. The monoisotopic (exact) mass is 598 g/mol. The van der Waals surface area contributed by atoms with Crippen molar-refractivity contribution in [2.45, 2.75) is 41.9 Å². The van der Waals surface area contributed by atoms with E-state index in [4.69, 9.17) is 27.9 Å². The predicted molar refractivity (Wildman–Crippen MR) is 140 cm³/mol. The maximum atomic E-state index is 14.4. The third-order valence-electron chi connectivity index (χ3n) is 6.98. The Morgan fingerprint density at radius 1 is 1.05 bits per heavy atom. The van der Waals surface area contributed by atoms with Crippen LogP contribution in [0.2, 0.25) is 10.0 Å². The molecule has 2 aromatic carbocycles. The summed E-state index contributed by atoms with van der Waals surface area (Å²) in [4.78, 5) is 45.0. The van der Waals surface area contributed by atoms with Gasteiger partial charge in [0.15, 0.2) is 5.78 Å². The van der Waals surface area contributed by atoms with Gasteiger partial charge in [-0.15, -0.1) is 0 Å². The smallest absolute Gasteiger partial charge is 0.228 e. The first-order valence-electron chi connectivity index (χ1n) is 12.1. The molecule has 3 aliphatic heterocycles. The normalized spacial score (nSPS) is 22.8. The molecule has 2 unspecified atom stereocenters. The van der Waals surface area contributed by atoms with Gasteiger partial charge in [0, 0.05) is 48.3 Å². The third kappa shape index (κ3) is 5.39. The second-order valence-corrected chi connectivity index (χ2v) is 12.4. The summed E-state index contributed by atoms with van der Waals surface area (Å²) in [6.45, 7) is 0.444. The fourth-order valence-electron chi connectivity index (χ4n) is 4.98. The number of rotatable bonds is 5. The molecular weight excluding hydrogens is 574 g/mol. The molecule has 0 radical (unpaired) electrons. The topological polar surface area (TPSA) is 127 Å². The van der Waals surface area contributed by atoms with E-state index >= 15 is 0 Å². The number of carbonyl (C=O) groups excluding carboxylic acids is 4. The first-order valence-corrected chi connectivity index (χ1v) is 14.3. The fourth-order valence-corrected chi connectivity index (χ4v) is 7.47. The van der Waals surface area contributed by atoms with Crippen LogP contribution in [0, 0.1) is 11.7 Å². The highest BCUT2D eigenvalue weighted by atomic mass is 35.5. The minimum Gasteiger partial charge on any atom is -0.496 e. The van der Waals surface area contributed by atoms with Gasteiger partial charge in [0.05, 0.1) is 13.5 Å². The fraction of sp³-hybridized carbons (Fsp3) is 0.385. The maximum Gasteiger partial charge on any atom is 0.228 e. The lowest BCUT2D eigenvalue weighted by atomic mass is 9.92. The van der Waals surface area contributed by atoms with E-state index in [9.17, 15) is 32.0 Å². The van der Waals surface area contributed by atoms with Crippen LogP contribution >= 0.6 is 23.2 Å². The molecule has 3 saturated heterocycles. The van der Waals surface area contributed by atoms with E-state index in [-0.39, 0.29) is 29.7 Å². The van der Waals surface area contributed by atoms with E-state index in [1.54, 1.807) is 18.2 Å².